The molecule has 29 heteroatoms. The van der Waals surface area contributed by atoms with Crippen LogP contribution >= 0.6 is 64.8 Å². The molecule has 102 heavy (non-hydrogen) atoms. The first kappa shape index (κ1) is 71.4. The molecule has 0 aliphatic carbocycles. The first-order valence-corrected chi connectivity index (χ1v) is 38.7. The van der Waals surface area contributed by atoms with Gasteiger partial charge in [0.1, 0.15) is 48.1 Å². The molecule has 4 atom stereocenters. The van der Waals surface area contributed by atoms with Gasteiger partial charge in [-0.15, -0.1) is 22.7 Å². The predicted octanol–water partition coefficient (Wildman–Crippen LogP) is 13.1. The molecule has 8 aromatic rings. The average molecular weight is 1500 g/mol. The van der Waals surface area contributed by atoms with Crippen LogP contribution in [-0.2, 0) is 23.6 Å². The number of ether oxygens (including phenoxy) is 4. The Morgan fingerprint density at radius 3 is 1.42 bits per heavy atom. The number of urea groups is 2. The Balaban J connectivity index is 0.000000182. The summed E-state index contributed by atoms with van der Waals surface area (Å²) in [7, 11) is 0.273. The molecule has 14 rings (SSSR count). The van der Waals surface area contributed by atoms with E-state index in [9.17, 15) is 32.5 Å². The molecule has 0 unspecified atom stereocenters. The number of thiazole rings is 2. The van der Waals surface area contributed by atoms with E-state index in [2.05, 4.69) is 30.4 Å². The third kappa shape index (κ3) is 16.0. The molecule has 0 saturated carbocycles. The fourth-order valence-electron chi connectivity index (χ4n) is 13.0. The van der Waals surface area contributed by atoms with Crippen molar-refractivity contribution in [2.75, 3.05) is 103 Å². The molecule has 0 bridgehead atoms. The molecule has 2 aromatic heterocycles. The zero-order chi connectivity index (χ0) is 71.5. The lowest BCUT2D eigenvalue weighted by atomic mass is 9.95. The number of fused-ring (bicyclic) bond motifs is 2. The molecule has 6 aliphatic rings. The van der Waals surface area contributed by atoms with Gasteiger partial charge in [-0.2, -0.15) is 0 Å². The minimum absolute atomic E-state index is 0.0183. The number of hydrogen-bond donors (Lipinski definition) is 2. The molecule has 6 aliphatic heterocycles. The van der Waals surface area contributed by atoms with Crippen LogP contribution in [0.3, 0.4) is 0 Å². The van der Waals surface area contributed by atoms with Crippen LogP contribution in [0, 0.1) is 11.6 Å². The zero-order valence-electron chi connectivity index (χ0n) is 56.3. The highest BCUT2D eigenvalue weighted by Gasteiger charge is 2.45. The van der Waals surface area contributed by atoms with E-state index in [1.165, 1.54) is 67.2 Å². The number of nitrogens with zero attached hydrogens (tertiary/aromatic N) is 10. The van der Waals surface area contributed by atoms with E-state index in [4.69, 9.17) is 52.1 Å². The first-order chi connectivity index (χ1) is 49.1. The summed E-state index contributed by atoms with van der Waals surface area (Å²) in [5, 5.41) is 12.7. The van der Waals surface area contributed by atoms with Gasteiger partial charge in [0.2, 0.25) is 0 Å². The van der Waals surface area contributed by atoms with E-state index >= 15 is 0 Å². The normalized spacial score (nSPS) is 19.4. The molecular weight excluding hydrogens is 1420 g/mol. The Bertz CT molecular complexity index is 4630. The van der Waals surface area contributed by atoms with Gasteiger partial charge in [0, 0.05) is 148 Å². The van der Waals surface area contributed by atoms with Crippen molar-refractivity contribution in [1.29, 1.82) is 0 Å². The zero-order valence-corrected chi connectivity index (χ0v) is 61.2. The number of aliphatic imine (C=N–C) groups is 2. The lowest BCUT2D eigenvalue weighted by molar-refractivity contribution is -0.137. The molecule has 8 heterocycles. The minimum atomic E-state index is -2.35. The molecule has 0 radical (unpaired) electrons. The van der Waals surface area contributed by atoms with E-state index < -0.39 is 42.8 Å². The van der Waals surface area contributed by atoms with Crippen molar-refractivity contribution in [3.8, 4) is 17.2 Å². The molecule has 21 nitrogen and oxygen atoms in total. The van der Waals surface area contributed by atoms with E-state index in [1.54, 1.807) is 60.6 Å². The molecule has 528 valence electrons. The second kappa shape index (κ2) is 30.9. The number of esters is 2. The SMILES string of the molecule is COC(=O)C1=C(CN2CCN3C(=O)N(c4ccc(Oc5ccc(P(C)(C)=O)cc5)cc4)C[C@@H]3C2)NC(c2nccs2)=N[C@H]1c1ccc(F)cc1Cl.COC(=O)C1=C(CN2CCN3C(=O)N(c4ccc(Sc5ccc(OC(C)C)cc5)cc4)C[C@@H]3C2)NC(c2nccs2)=N[C@H]1c1ccc(F)cc1Cl. The lowest BCUT2D eigenvalue weighted by Gasteiger charge is -2.38. The van der Waals surface area contributed by atoms with Crippen LogP contribution in [-0.4, -0.2) is 176 Å². The van der Waals surface area contributed by atoms with E-state index in [1.807, 2.05) is 124 Å². The van der Waals surface area contributed by atoms with Gasteiger partial charge in [-0.25, -0.2) is 37.9 Å². The van der Waals surface area contributed by atoms with Crippen molar-refractivity contribution in [2.45, 2.75) is 53.9 Å². The third-order valence-corrected chi connectivity index (χ3v) is 22.7. The maximum Gasteiger partial charge on any atom is 0.338 e. The predicted molar refractivity (Wildman–Crippen MR) is 394 cm³/mol. The van der Waals surface area contributed by atoms with Gasteiger partial charge in [0.15, 0.2) is 21.7 Å². The number of nitrogens with one attached hydrogen (secondary N) is 2. The van der Waals surface area contributed by atoms with Crippen LogP contribution in [0.2, 0.25) is 10.0 Å². The van der Waals surface area contributed by atoms with Gasteiger partial charge in [-0.3, -0.25) is 29.6 Å². The standard InChI is InChI=1S/C37H36ClFN6O4S2.C36H35ClFN6O5PS/c1-22(2)49-26-7-11-28(12-8-26)51-27-9-5-24(6-10-27)45-20-25-19-43(15-16-44(25)37(45)47)21-31-32(36(46)48-3)33(29-13-4-23(39)18-30(29)38)42-34(41-31)35-40-14-17-50-35;1-48-35(45)31-30(40-33(34-39-14-17-51-34)41-32(31)28-13-4-22(38)18-29(28)37)21-42-15-16-43-24(19-42)20-44(36(43)46)23-5-7-25(8-6-23)49-26-9-11-27(12-10-26)50(2,3)47/h4-14,17-18,22,25,33H,15-16,19-21H2,1-3H3,(H,41,42);4-14,17-18,24,32H,15-16,19-21H2,1-3H3,(H,40,41)/t25-,33-;24-,32-/m00/s1. The van der Waals surface area contributed by atoms with Crippen LogP contribution < -0.4 is 35.2 Å². The van der Waals surface area contributed by atoms with Gasteiger partial charge in [-0.05, 0) is 149 Å². The van der Waals surface area contributed by atoms with E-state index in [-0.39, 0.29) is 51.4 Å². The number of carbonyl (C=O) groups is 4. The van der Waals surface area contributed by atoms with Gasteiger partial charge in [-0.1, -0.05) is 47.1 Å². The number of amides is 4. The second-order valence-electron chi connectivity index (χ2n) is 25.4. The number of hydrogen-bond acceptors (Lipinski definition) is 20. The van der Waals surface area contributed by atoms with Crippen LogP contribution in [0.5, 0.6) is 17.2 Å². The Morgan fingerprint density at radius 2 is 1.02 bits per heavy atom. The summed E-state index contributed by atoms with van der Waals surface area (Å²) in [4.78, 5) is 86.4. The van der Waals surface area contributed by atoms with Crippen molar-refractivity contribution < 1.29 is 51.5 Å². The topological polar surface area (TPSA) is 216 Å². The number of halogens is 4. The van der Waals surface area contributed by atoms with E-state index in [0.29, 0.717) is 121 Å². The maximum absolute atomic E-state index is 14.0. The van der Waals surface area contributed by atoms with Crippen molar-refractivity contribution in [2.24, 2.45) is 9.98 Å². The second-order valence-corrected chi connectivity index (χ2v) is 32.4. The lowest BCUT2D eigenvalue weighted by Crippen LogP contribution is -2.53. The quantitative estimate of drug-likeness (QED) is 0.0568. The fourth-order valence-corrected chi connectivity index (χ4v) is 16.4. The molecular formula is C73H71Cl2F2N12O9PS3. The van der Waals surface area contributed by atoms with Gasteiger partial charge < -0.3 is 43.9 Å². The summed E-state index contributed by atoms with van der Waals surface area (Å²) in [6.45, 7) is 12.6. The highest BCUT2D eigenvalue weighted by atomic mass is 35.5. The average Bonchev–Trinajstić information content (AvgIpc) is 1.06. The summed E-state index contributed by atoms with van der Waals surface area (Å²) in [5.74, 6) is 0.911. The number of aromatic nitrogens is 2. The molecule has 4 amide bonds. The number of benzene rings is 6. The van der Waals surface area contributed by atoms with Crippen LogP contribution in [0.15, 0.2) is 199 Å². The Labute approximate surface area is 610 Å². The van der Waals surface area contributed by atoms with Crippen molar-refractivity contribution in [3.05, 3.63) is 222 Å². The van der Waals surface area contributed by atoms with Crippen molar-refractivity contribution >= 4 is 117 Å². The third-order valence-electron chi connectivity index (χ3n) is 17.9. The molecule has 4 fully saturated rings. The Morgan fingerprint density at radius 1 is 0.598 bits per heavy atom. The van der Waals surface area contributed by atoms with Gasteiger partial charge >= 0.3 is 24.0 Å². The molecule has 2 N–H and O–H groups in total. The summed E-state index contributed by atoms with van der Waals surface area (Å²) >= 11 is 17.5. The number of amidine groups is 2. The number of methoxy groups -OCH3 is 2. The van der Waals surface area contributed by atoms with Crippen LogP contribution in [0.4, 0.5) is 29.7 Å². The first-order valence-electron chi connectivity index (χ1n) is 32.8. The molecule has 6 aromatic carbocycles. The highest BCUT2D eigenvalue weighted by molar-refractivity contribution is 7.99. The Kier molecular flexibility index (Phi) is 21.6. The van der Waals surface area contributed by atoms with Gasteiger partial charge in [0.25, 0.3) is 0 Å². The largest absolute Gasteiger partial charge is 0.491 e. The van der Waals surface area contributed by atoms with Crippen LogP contribution in [0.1, 0.15) is 47.1 Å². The number of piperazine rings is 2. The molecule has 4 saturated heterocycles. The van der Waals surface area contributed by atoms with Crippen molar-refractivity contribution in [1.82, 2.24) is 40.2 Å². The summed E-state index contributed by atoms with van der Waals surface area (Å²) in [5.41, 5.74) is 4.28. The van der Waals surface area contributed by atoms with Crippen molar-refractivity contribution in [3.63, 3.8) is 0 Å². The smallest absolute Gasteiger partial charge is 0.338 e. The Hall–Kier alpha value is -8.98. The number of rotatable bonds is 19. The van der Waals surface area contributed by atoms with Gasteiger partial charge in [0.05, 0.1) is 43.6 Å². The van der Waals surface area contributed by atoms with E-state index in [0.717, 1.165) is 32.2 Å². The minimum Gasteiger partial charge on any atom is -0.491 e. The maximum atomic E-state index is 14.0. The summed E-state index contributed by atoms with van der Waals surface area (Å²) in [6, 6.07) is 36.9. The molecule has 0 spiro atoms. The monoisotopic (exact) mass is 1490 g/mol. The number of anilines is 2. The highest BCUT2D eigenvalue weighted by Crippen LogP contribution is 2.42. The fraction of sp³-hybridized carbons (Fsp3) is 0.288. The van der Waals surface area contributed by atoms with Crippen LogP contribution in [0.25, 0.3) is 0 Å². The number of carbonyl (C=O) groups excluding carboxylic acids is 4. The summed E-state index contributed by atoms with van der Waals surface area (Å²) in [6.07, 6.45) is 3.47. The summed E-state index contributed by atoms with van der Waals surface area (Å²) < 4.78 is 62.6.